The van der Waals surface area contributed by atoms with Crippen LogP contribution in [-0.2, 0) is 12.7 Å². The minimum Gasteiger partial charge on any atom is -0.351 e. The summed E-state index contributed by atoms with van der Waals surface area (Å²) in [5.74, 6) is 0. The lowest BCUT2D eigenvalue weighted by Gasteiger charge is -2.15. The highest BCUT2D eigenvalue weighted by molar-refractivity contribution is 7.13. The summed E-state index contributed by atoms with van der Waals surface area (Å²) in [5, 5.41) is 1.43. The van der Waals surface area contributed by atoms with Crippen molar-refractivity contribution in [2.24, 2.45) is 0 Å². The van der Waals surface area contributed by atoms with Gasteiger partial charge < -0.3 is 9.47 Å². The van der Waals surface area contributed by atoms with E-state index in [2.05, 4.69) is 9.97 Å². The van der Waals surface area contributed by atoms with E-state index >= 15 is 0 Å². The summed E-state index contributed by atoms with van der Waals surface area (Å²) in [4.78, 5) is 9.25. The Bertz CT molecular complexity index is 506. The Kier molecular flexibility index (Phi) is 4.08. The van der Waals surface area contributed by atoms with Crippen molar-refractivity contribution >= 4 is 16.5 Å². The van der Waals surface area contributed by atoms with E-state index in [1.807, 2.05) is 10.8 Å². The fraction of sp³-hybridized carbons (Fsp3) is 0.455. The van der Waals surface area contributed by atoms with Crippen molar-refractivity contribution in [2.45, 2.75) is 19.1 Å². The topological polar surface area (TPSA) is 34.0 Å². The summed E-state index contributed by atoms with van der Waals surface area (Å²) in [5.41, 5.74) is -0.825. The molecule has 0 aliphatic heterocycles. The van der Waals surface area contributed by atoms with Gasteiger partial charge in [0.2, 0.25) is 0 Å². The number of thiazole rings is 1. The molecule has 0 unspecified atom stereocenters. The van der Waals surface area contributed by atoms with E-state index in [0.29, 0.717) is 11.7 Å². The Hall–Kier alpha value is -1.57. The lowest BCUT2D eigenvalue weighted by atomic mass is 10.4. The molecule has 2 rings (SSSR count). The Morgan fingerprint density at radius 2 is 2.21 bits per heavy atom. The van der Waals surface area contributed by atoms with Crippen molar-refractivity contribution in [1.29, 1.82) is 0 Å². The number of aromatic nitrogens is 3. The summed E-state index contributed by atoms with van der Waals surface area (Å²) >= 11 is 1.01. The summed E-state index contributed by atoms with van der Waals surface area (Å²) in [6.07, 6.45) is 1.70. The van der Waals surface area contributed by atoms with Gasteiger partial charge in [0.15, 0.2) is 10.8 Å². The van der Waals surface area contributed by atoms with Crippen LogP contribution in [0.4, 0.5) is 18.3 Å². The predicted molar refractivity (Wildman–Crippen MR) is 67.2 cm³/mol. The average Bonchev–Trinajstić information content (AvgIpc) is 2.99. The molecule has 19 heavy (non-hydrogen) atoms. The normalized spacial score (nSPS) is 11.8. The van der Waals surface area contributed by atoms with Crippen LogP contribution in [0.5, 0.6) is 0 Å². The van der Waals surface area contributed by atoms with Gasteiger partial charge in [-0.3, -0.25) is 0 Å². The van der Waals surface area contributed by atoms with E-state index in [4.69, 9.17) is 0 Å². The van der Waals surface area contributed by atoms with Gasteiger partial charge in [-0.2, -0.15) is 13.2 Å². The fourth-order valence-corrected chi connectivity index (χ4v) is 2.40. The number of imidazole rings is 1. The first-order valence-corrected chi connectivity index (χ1v) is 6.54. The standard InChI is InChI=1S/C11H13F3N4S/c1-17(4-2-5-18-6-3-15-8-18)10-16-9(7-19-10)11(12,13)14/h3,6-8H,2,4-5H2,1H3. The highest BCUT2D eigenvalue weighted by Crippen LogP contribution is 2.32. The van der Waals surface area contributed by atoms with Gasteiger partial charge in [-0.15, -0.1) is 11.3 Å². The first-order chi connectivity index (χ1) is 8.97. The van der Waals surface area contributed by atoms with Gasteiger partial charge in [0.1, 0.15) is 0 Å². The zero-order chi connectivity index (χ0) is 13.9. The van der Waals surface area contributed by atoms with Gasteiger partial charge >= 0.3 is 6.18 Å². The molecule has 0 saturated carbocycles. The molecule has 0 saturated heterocycles. The molecule has 8 heteroatoms. The second-order valence-corrected chi connectivity index (χ2v) is 4.93. The van der Waals surface area contributed by atoms with Gasteiger partial charge in [0, 0.05) is 37.9 Å². The Labute approximate surface area is 112 Å². The number of aryl methyl sites for hydroxylation is 1. The van der Waals surface area contributed by atoms with Crippen LogP contribution in [0.2, 0.25) is 0 Å². The van der Waals surface area contributed by atoms with Crippen LogP contribution in [0.3, 0.4) is 0 Å². The zero-order valence-corrected chi connectivity index (χ0v) is 11.1. The van der Waals surface area contributed by atoms with E-state index in [1.165, 1.54) is 0 Å². The third kappa shape index (κ3) is 3.69. The molecule has 2 heterocycles. The maximum Gasteiger partial charge on any atom is 0.434 e. The monoisotopic (exact) mass is 290 g/mol. The second kappa shape index (κ2) is 5.60. The van der Waals surface area contributed by atoms with Crippen molar-refractivity contribution in [3.63, 3.8) is 0 Å². The molecule has 0 aliphatic rings. The molecular weight excluding hydrogens is 277 g/mol. The average molecular weight is 290 g/mol. The molecule has 0 bridgehead atoms. The predicted octanol–water partition coefficient (Wildman–Crippen LogP) is 2.88. The summed E-state index contributed by atoms with van der Waals surface area (Å²) in [7, 11) is 1.74. The van der Waals surface area contributed by atoms with Crippen LogP contribution in [0, 0.1) is 0 Å². The van der Waals surface area contributed by atoms with Crippen LogP contribution < -0.4 is 4.90 Å². The first kappa shape index (κ1) is 13.9. The Morgan fingerprint density at radius 1 is 1.42 bits per heavy atom. The molecule has 0 radical (unpaired) electrons. The van der Waals surface area contributed by atoms with Crippen molar-refractivity contribution in [3.05, 3.63) is 29.8 Å². The van der Waals surface area contributed by atoms with Crippen LogP contribution in [0.1, 0.15) is 12.1 Å². The highest BCUT2D eigenvalue weighted by atomic mass is 32.1. The molecular formula is C11H13F3N4S. The highest BCUT2D eigenvalue weighted by Gasteiger charge is 2.34. The number of alkyl halides is 3. The molecule has 2 aromatic heterocycles. The number of hydrogen-bond donors (Lipinski definition) is 0. The van der Waals surface area contributed by atoms with Crippen LogP contribution in [0.25, 0.3) is 0 Å². The minimum atomic E-state index is -4.37. The van der Waals surface area contributed by atoms with E-state index in [1.54, 1.807) is 24.5 Å². The van der Waals surface area contributed by atoms with Gasteiger partial charge in [-0.05, 0) is 6.42 Å². The van der Waals surface area contributed by atoms with E-state index in [-0.39, 0.29) is 0 Å². The summed E-state index contributed by atoms with van der Waals surface area (Å²) < 4.78 is 39.2. The summed E-state index contributed by atoms with van der Waals surface area (Å²) in [6.45, 7) is 1.42. The van der Waals surface area contributed by atoms with Gasteiger partial charge in [-0.1, -0.05) is 0 Å². The molecule has 0 aliphatic carbocycles. The van der Waals surface area contributed by atoms with Crippen molar-refractivity contribution in [1.82, 2.24) is 14.5 Å². The Morgan fingerprint density at radius 3 is 2.79 bits per heavy atom. The first-order valence-electron chi connectivity index (χ1n) is 5.66. The van der Waals surface area contributed by atoms with E-state index in [0.717, 1.165) is 29.7 Å². The van der Waals surface area contributed by atoms with E-state index < -0.39 is 11.9 Å². The van der Waals surface area contributed by atoms with Gasteiger partial charge in [0.25, 0.3) is 0 Å². The van der Waals surface area contributed by atoms with Crippen molar-refractivity contribution < 1.29 is 13.2 Å². The molecule has 0 spiro atoms. The lowest BCUT2D eigenvalue weighted by Crippen LogP contribution is -2.20. The van der Waals surface area contributed by atoms with E-state index in [9.17, 15) is 13.2 Å². The number of halogens is 3. The molecule has 0 fully saturated rings. The second-order valence-electron chi connectivity index (χ2n) is 4.09. The van der Waals surface area contributed by atoms with Crippen LogP contribution >= 0.6 is 11.3 Å². The van der Waals surface area contributed by atoms with Gasteiger partial charge in [0.05, 0.1) is 6.33 Å². The molecule has 2 aromatic rings. The molecule has 104 valence electrons. The third-order valence-corrected chi connectivity index (χ3v) is 3.53. The lowest BCUT2D eigenvalue weighted by molar-refractivity contribution is -0.140. The molecule has 0 amide bonds. The molecule has 0 atom stereocenters. The van der Waals surface area contributed by atoms with Gasteiger partial charge in [-0.25, -0.2) is 9.97 Å². The van der Waals surface area contributed by atoms with Crippen LogP contribution in [0.15, 0.2) is 24.1 Å². The SMILES string of the molecule is CN(CCCn1ccnc1)c1nc(C(F)(F)F)cs1. The summed E-state index contributed by atoms with van der Waals surface area (Å²) in [6, 6.07) is 0. The number of nitrogens with zero attached hydrogens (tertiary/aromatic N) is 4. The largest absolute Gasteiger partial charge is 0.434 e. The zero-order valence-electron chi connectivity index (χ0n) is 10.3. The smallest absolute Gasteiger partial charge is 0.351 e. The number of anilines is 1. The molecule has 0 N–H and O–H groups in total. The van der Waals surface area contributed by atoms with Crippen molar-refractivity contribution in [2.75, 3.05) is 18.5 Å². The maximum atomic E-state index is 12.4. The van der Waals surface area contributed by atoms with Crippen LogP contribution in [-0.4, -0.2) is 28.1 Å². The maximum absolute atomic E-state index is 12.4. The third-order valence-electron chi connectivity index (χ3n) is 2.58. The fourth-order valence-electron chi connectivity index (χ4n) is 1.57. The number of hydrogen-bond acceptors (Lipinski definition) is 4. The number of rotatable bonds is 5. The molecule has 0 aromatic carbocycles. The minimum absolute atomic E-state index is 0.387. The molecule has 4 nitrogen and oxygen atoms in total. The van der Waals surface area contributed by atoms with Crippen molar-refractivity contribution in [3.8, 4) is 0 Å². The quantitative estimate of drug-likeness (QED) is 0.849. The Balaban J connectivity index is 1.86.